The zero-order valence-corrected chi connectivity index (χ0v) is 6.85. The molecule has 0 aliphatic heterocycles. The number of hydrogen-bond donors (Lipinski definition) is 2. The summed E-state index contributed by atoms with van der Waals surface area (Å²) in [6.07, 6.45) is 0.0475. The van der Waals surface area contributed by atoms with Crippen LogP contribution in [0.5, 0.6) is 0 Å². The average Bonchev–Trinajstić information content (AvgIpc) is 1.57. The Labute approximate surface area is 60.6 Å². The van der Waals surface area contributed by atoms with Gasteiger partial charge < -0.3 is 5.11 Å². The quantitative estimate of drug-likeness (QED) is 0.583. The molecule has 10 heavy (non-hydrogen) atoms. The predicted octanol–water partition coefficient (Wildman–Crippen LogP) is 0.0352. The van der Waals surface area contributed by atoms with Crippen LogP contribution in [-0.2, 0) is 10.1 Å². The van der Waals surface area contributed by atoms with Gasteiger partial charge in [-0.05, 0) is 20.3 Å². The van der Waals surface area contributed by atoms with E-state index in [1.165, 1.54) is 13.8 Å². The molecule has 0 bridgehead atoms. The molecule has 0 aliphatic rings. The van der Waals surface area contributed by atoms with Gasteiger partial charge >= 0.3 is 0 Å². The molecule has 5 heteroatoms. The average molecular weight is 168 g/mol. The van der Waals surface area contributed by atoms with E-state index in [2.05, 4.69) is 0 Å². The van der Waals surface area contributed by atoms with Crippen molar-refractivity contribution < 1.29 is 18.1 Å². The summed E-state index contributed by atoms with van der Waals surface area (Å²) in [5, 5.41) is 9.01. The summed E-state index contributed by atoms with van der Waals surface area (Å²) in [6.45, 7) is 2.97. The molecule has 0 aliphatic carbocycles. The van der Waals surface area contributed by atoms with Crippen LogP contribution in [-0.4, -0.2) is 29.4 Å². The van der Waals surface area contributed by atoms with Crippen LogP contribution in [0.2, 0.25) is 0 Å². The van der Waals surface area contributed by atoms with Crippen LogP contribution in [0.3, 0.4) is 0 Å². The molecule has 2 N–H and O–H groups in total. The summed E-state index contributed by atoms with van der Waals surface area (Å²) in [6, 6.07) is 0. The zero-order chi connectivity index (χ0) is 8.41. The summed E-state index contributed by atoms with van der Waals surface area (Å²) in [4.78, 5) is 0. The van der Waals surface area contributed by atoms with Crippen molar-refractivity contribution in [2.24, 2.45) is 0 Å². The van der Waals surface area contributed by atoms with Crippen LogP contribution in [0.4, 0.5) is 0 Å². The minimum atomic E-state index is -3.92. The summed E-state index contributed by atoms with van der Waals surface area (Å²) in [7, 11) is -3.92. The van der Waals surface area contributed by atoms with E-state index in [1.54, 1.807) is 0 Å². The molecule has 0 aromatic heterocycles. The van der Waals surface area contributed by atoms with Crippen LogP contribution in [0.15, 0.2) is 0 Å². The van der Waals surface area contributed by atoms with Crippen LogP contribution >= 0.6 is 0 Å². The van der Waals surface area contributed by atoms with Crippen molar-refractivity contribution in [3.8, 4) is 0 Å². The van der Waals surface area contributed by atoms with E-state index >= 15 is 0 Å². The Morgan fingerprint density at radius 2 is 1.80 bits per heavy atom. The fourth-order valence-electron chi connectivity index (χ4n) is 0.379. The van der Waals surface area contributed by atoms with Crippen molar-refractivity contribution in [3.05, 3.63) is 0 Å². The molecule has 0 aromatic rings. The standard InChI is InChI=1S/C5H12O4S/c1-5(2,6)3-4-10(7,8)9/h6H,3-4H2,1-2H3,(H,7,8,9). The molecule has 0 unspecified atom stereocenters. The van der Waals surface area contributed by atoms with Gasteiger partial charge in [-0.1, -0.05) is 0 Å². The maximum atomic E-state index is 10.1. The number of rotatable bonds is 3. The highest BCUT2D eigenvalue weighted by molar-refractivity contribution is 7.85. The third-order valence-corrected chi connectivity index (χ3v) is 1.69. The molecule has 0 saturated heterocycles. The van der Waals surface area contributed by atoms with Gasteiger partial charge in [0.1, 0.15) is 0 Å². The third kappa shape index (κ3) is 7.87. The molecule has 0 rings (SSSR count). The summed E-state index contributed by atoms with van der Waals surface area (Å²) in [5.41, 5.74) is -1.03. The van der Waals surface area contributed by atoms with E-state index in [4.69, 9.17) is 9.66 Å². The molecular weight excluding hydrogens is 156 g/mol. The lowest BCUT2D eigenvalue weighted by Gasteiger charge is -2.14. The Kier molecular flexibility index (Phi) is 2.82. The van der Waals surface area contributed by atoms with Crippen LogP contribution in [0.1, 0.15) is 20.3 Å². The highest BCUT2D eigenvalue weighted by Crippen LogP contribution is 2.07. The molecule has 4 nitrogen and oxygen atoms in total. The Morgan fingerprint density at radius 1 is 1.40 bits per heavy atom. The molecule has 0 aromatic carbocycles. The fourth-order valence-corrected chi connectivity index (χ4v) is 1.14. The van der Waals surface area contributed by atoms with Crippen molar-refractivity contribution in [1.29, 1.82) is 0 Å². The Balaban J connectivity index is 3.79. The molecule has 0 atom stereocenters. The lowest BCUT2D eigenvalue weighted by atomic mass is 10.1. The predicted molar refractivity (Wildman–Crippen MR) is 37.3 cm³/mol. The Hall–Kier alpha value is -0.130. The van der Waals surface area contributed by atoms with Crippen LogP contribution < -0.4 is 0 Å². The molecule has 0 spiro atoms. The van der Waals surface area contributed by atoms with Crippen molar-refractivity contribution in [1.82, 2.24) is 0 Å². The molecule has 0 radical (unpaired) electrons. The Bertz CT molecular complexity index is 186. The SMILES string of the molecule is CC(C)(O)CCS(=O)(=O)O. The second-order valence-corrected chi connectivity index (χ2v) is 4.42. The molecule has 0 heterocycles. The van der Waals surface area contributed by atoms with Crippen LogP contribution in [0, 0.1) is 0 Å². The summed E-state index contributed by atoms with van der Waals surface area (Å²) in [5.74, 6) is -0.392. The third-order valence-electron chi connectivity index (χ3n) is 0.972. The smallest absolute Gasteiger partial charge is 0.264 e. The Morgan fingerprint density at radius 3 is 1.90 bits per heavy atom. The first-order valence-electron chi connectivity index (χ1n) is 2.88. The molecule has 0 fully saturated rings. The fraction of sp³-hybridized carbons (Fsp3) is 1.00. The van der Waals surface area contributed by atoms with Gasteiger partial charge in [-0.15, -0.1) is 0 Å². The second kappa shape index (κ2) is 2.86. The molecule has 62 valence electrons. The topological polar surface area (TPSA) is 74.6 Å². The van der Waals surface area contributed by atoms with E-state index in [-0.39, 0.29) is 6.42 Å². The molecule has 0 saturated carbocycles. The highest BCUT2D eigenvalue weighted by atomic mass is 32.2. The van der Waals surface area contributed by atoms with Gasteiger partial charge in [0, 0.05) is 0 Å². The van der Waals surface area contributed by atoms with Crippen molar-refractivity contribution >= 4 is 10.1 Å². The first-order chi connectivity index (χ1) is 4.21. The van der Waals surface area contributed by atoms with Gasteiger partial charge in [0.25, 0.3) is 10.1 Å². The summed E-state index contributed by atoms with van der Waals surface area (Å²) >= 11 is 0. The van der Waals surface area contributed by atoms with Crippen molar-refractivity contribution in [2.45, 2.75) is 25.9 Å². The second-order valence-electron chi connectivity index (χ2n) is 2.85. The minimum Gasteiger partial charge on any atom is -0.390 e. The van der Waals surface area contributed by atoms with Gasteiger partial charge in [0.15, 0.2) is 0 Å². The monoisotopic (exact) mass is 168 g/mol. The zero-order valence-electron chi connectivity index (χ0n) is 6.03. The molecule has 0 amide bonds. The van der Waals surface area contributed by atoms with E-state index in [0.717, 1.165) is 0 Å². The maximum absolute atomic E-state index is 10.1. The number of hydrogen-bond acceptors (Lipinski definition) is 3. The minimum absolute atomic E-state index is 0.0475. The van der Waals surface area contributed by atoms with E-state index < -0.39 is 21.5 Å². The maximum Gasteiger partial charge on any atom is 0.264 e. The van der Waals surface area contributed by atoms with Gasteiger partial charge in [-0.25, -0.2) is 0 Å². The normalized spacial score (nSPS) is 13.6. The number of aliphatic hydroxyl groups is 1. The molecular formula is C5H12O4S. The highest BCUT2D eigenvalue weighted by Gasteiger charge is 2.16. The lowest BCUT2D eigenvalue weighted by molar-refractivity contribution is 0.0767. The van der Waals surface area contributed by atoms with Gasteiger partial charge in [-0.3, -0.25) is 4.55 Å². The van der Waals surface area contributed by atoms with E-state index in [1.807, 2.05) is 0 Å². The van der Waals surface area contributed by atoms with Crippen molar-refractivity contribution in [3.63, 3.8) is 0 Å². The first kappa shape index (κ1) is 9.87. The summed E-state index contributed by atoms with van der Waals surface area (Å²) < 4.78 is 28.5. The van der Waals surface area contributed by atoms with E-state index in [0.29, 0.717) is 0 Å². The van der Waals surface area contributed by atoms with E-state index in [9.17, 15) is 8.42 Å². The van der Waals surface area contributed by atoms with Crippen molar-refractivity contribution in [2.75, 3.05) is 5.75 Å². The first-order valence-corrected chi connectivity index (χ1v) is 4.49. The van der Waals surface area contributed by atoms with Gasteiger partial charge in [0.2, 0.25) is 0 Å². The van der Waals surface area contributed by atoms with Crippen LogP contribution in [0.25, 0.3) is 0 Å². The lowest BCUT2D eigenvalue weighted by Crippen LogP contribution is -2.22. The largest absolute Gasteiger partial charge is 0.390 e. The van der Waals surface area contributed by atoms with Gasteiger partial charge in [0.05, 0.1) is 11.4 Å². The van der Waals surface area contributed by atoms with Gasteiger partial charge in [-0.2, -0.15) is 8.42 Å².